The van der Waals surface area contributed by atoms with Gasteiger partial charge in [-0.1, -0.05) is 12.6 Å². The number of rotatable bonds is 7. The van der Waals surface area contributed by atoms with Crippen LogP contribution in [0.3, 0.4) is 0 Å². The van der Waals surface area contributed by atoms with Gasteiger partial charge >= 0.3 is 0 Å². The van der Waals surface area contributed by atoms with Crippen LogP contribution in [0.5, 0.6) is 0 Å². The Hall–Kier alpha value is -3.22. The maximum atomic E-state index is 11.1. The molecule has 1 amide bonds. The summed E-state index contributed by atoms with van der Waals surface area (Å²) in [5.74, 6) is 0.797. The number of anilines is 1. The minimum Gasteiger partial charge on any atom is -0.368 e. The van der Waals surface area contributed by atoms with Gasteiger partial charge in [0, 0.05) is 12.7 Å². The number of fused-ring (bicyclic) bond motifs is 1. The summed E-state index contributed by atoms with van der Waals surface area (Å²) in [5.41, 5.74) is 8.77. The third-order valence-electron chi connectivity index (χ3n) is 3.89. The molecule has 0 saturated carbocycles. The maximum Gasteiger partial charge on any atom is 0.243 e. The first-order valence-electron chi connectivity index (χ1n) is 8.12. The number of amides is 1. The first-order valence-corrected chi connectivity index (χ1v) is 8.12. The third-order valence-corrected chi connectivity index (χ3v) is 3.89. The first kappa shape index (κ1) is 16.6. The Kier molecular flexibility index (Phi) is 5.03. The van der Waals surface area contributed by atoms with Crippen LogP contribution in [0.15, 0.2) is 49.4 Å². The molecule has 0 fully saturated rings. The number of hydrogen-bond acceptors (Lipinski definition) is 5. The van der Waals surface area contributed by atoms with Crippen LogP contribution in [0, 0.1) is 0 Å². The van der Waals surface area contributed by atoms with Crippen LogP contribution in [0.4, 0.5) is 5.95 Å². The molecule has 0 spiro atoms. The summed E-state index contributed by atoms with van der Waals surface area (Å²) >= 11 is 0. The number of aromatic nitrogens is 4. The SMILES string of the molecule is C=CC(=O)NCCCCc1ccc2ncn(-c3ccnc(N)n3)c2c1. The average molecular weight is 336 g/mol. The summed E-state index contributed by atoms with van der Waals surface area (Å²) in [4.78, 5) is 23.7. The molecule has 0 aliphatic rings. The summed E-state index contributed by atoms with van der Waals surface area (Å²) in [5, 5.41) is 2.78. The van der Waals surface area contributed by atoms with Crippen LogP contribution >= 0.6 is 0 Å². The van der Waals surface area contributed by atoms with Gasteiger partial charge in [0.05, 0.1) is 11.0 Å². The molecule has 0 unspecified atom stereocenters. The monoisotopic (exact) mass is 336 g/mol. The van der Waals surface area contributed by atoms with Crippen molar-refractivity contribution in [3.8, 4) is 5.82 Å². The molecule has 0 saturated heterocycles. The number of unbranched alkanes of at least 4 members (excludes halogenated alkanes) is 1. The van der Waals surface area contributed by atoms with Crippen LogP contribution < -0.4 is 11.1 Å². The smallest absolute Gasteiger partial charge is 0.243 e. The van der Waals surface area contributed by atoms with Crippen LogP contribution in [-0.2, 0) is 11.2 Å². The van der Waals surface area contributed by atoms with Crippen molar-refractivity contribution >= 4 is 22.9 Å². The fraction of sp³-hybridized carbons (Fsp3) is 0.222. The Balaban J connectivity index is 1.70. The summed E-state index contributed by atoms with van der Waals surface area (Å²) < 4.78 is 1.90. The molecule has 7 heteroatoms. The largest absolute Gasteiger partial charge is 0.368 e. The summed E-state index contributed by atoms with van der Waals surface area (Å²) in [6.07, 6.45) is 7.48. The van der Waals surface area contributed by atoms with E-state index < -0.39 is 0 Å². The second-order valence-electron chi connectivity index (χ2n) is 5.66. The molecule has 2 aromatic heterocycles. The van der Waals surface area contributed by atoms with Crippen molar-refractivity contribution in [3.05, 3.63) is 55.0 Å². The maximum absolute atomic E-state index is 11.1. The van der Waals surface area contributed by atoms with E-state index >= 15 is 0 Å². The molecule has 2 heterocycles. The fourth-order valence-corrected chi connectivity index (χ4v) is 2.63. The lowest BCUT2D eigenvalue weighted by Crippen LogP contribution is -2.21. The normalized spacial score (nSPS) is 10.7. The van der Waals surface area contributed by atoms with Gasteiger partial charge in [-0.05, 0) is 49.1 Å². The zero-order chi connectivity index (χ0) is 17.6. The number of benzene rings is 1. The van der Waals surface area contributed by atoms with Gasteiger partial charge in [0.25, 0.3) is 0 Å². The fourth-order valence-electron chi connectivity index (χ4n) is 2.63. The summed E-state index contributed by atoms with van der Waals surface area (Å²) in [7, 11) is 0. The van der Waals surface area contributed by atoms with Gasteiger partial charge in [0.2, 0.25) is 11.9 Å². The quantitative estimate of drug-likeness (QED) is 0.508. The third kappa shape index (κ3) is 4.00. The predicted molar refractivity (Wildman–Crippen MR) is 97.2 cm³/mol. The number of nitrogens with two attached hydrogens (primary N) is 1. The van der Waals surface area contributed by atoms with Gasteiger partial charge < -0.3 is 11.1 Å². The van der Waals surface area contributed by atoms with Crippen LogP contribution in [0.25, 0.3) is 16.9 Å². The van der Waals surface area contributed by atoms with Crippen molar-refractivity contribution in [2.45, 2.75) is 19.3 Å². The topological polar surface area (TPSA) is 98.7 Å². The zero-order valence-electron chi connectivity index (χ0n) is 13.9. The Morgan fingerprint density at radius 3 is 2.96 bits per heavy atom. The molecular weight excluding hydrogens is 316 g/mol. The van der Waals surface area contributed by atoms with Crippen molar-refractivity contribution in [2.24, 2.45) is 0 Å². The Bertz CT molecular complexity index is 901. The second kappa shape index (κ2) is 7.57. The molecule has 3 N–H and O–H groups in total. The van der Waals surface area contributed by atoms with Crippen LogP contribution in [-0.4, -0.2) is 32.0 Å². The molecule has 7 nitrogen and oxygen atoms in total. The lowest BCUT2D eigenvalue weighted by Gasteiger charge is -2.06. The van der Waals surface area contributed by atoms with E-state index in [1.165, 1.54) is 11.6 Å². The molecule has 3 aromatic rings. The number of aryl methyl sites for hydroxylation is 1. The zero-order valence-corrected chi connectivity index (χ0v) is 13.9. The van der Waals surface area contributed by atoms with Gasteiger partial charge in [-0.15, -0.1) is 0 Å². The molecule has 0 bridgehead atoms. The molecule has 0 aliphatic carbocycles. The highest BCUT2D eigenvalue weighted by Gasteiger charge is 2.07. The lowest BCUT2D eigenvalue weighted by atomic mass is 10.1. The molecule has 1 aromatic carbocycles. The van der Waals surface area contributed by atoms with E-state index in [0.717, 1.165) is 30.3 Å². The summed E-state index contributed by atoms with van der Waals surface area (Å²) in [6.45, 7) is 4.09. The first-order chi connectivity index (χ1) is 12.2. The second-order valence-corrected chi connectivity index (χ2v) is 5.66. The Labute approximate surface area is 145 Å². The minimum atomic E-state index is -0.130. The molecule has 25 heavy (non-hydrogen) atoms. The highest BCUT2D eigenvalue weighted by molar-refractivity contribution is 5.86. The highest BCUT2D eigenvalue weighted by atomic mass is 16.1. The molecule has 0 aliphatic heterocycles. The number of hydrogen-bond donors (Lipinski definition) is 2. The summed E-state index contributed by atoms with van der Waals surface area (Å²) in [6, 6.07) is 8.00. The van der Waals surface area contributed by atoms with E-state index in [4.69, 9.17) is 5.73 Å². The molecule has 3 rings (SSSR count). The van der Waals surface area contributed by atoms with Gasteiger partial charge in [-0.25, -0.2) is 9.97 Å². The van der Waals surface area contributed by atoms with Crippen molar-refractivity contribution in [3.63, 3.8) is 0 Å². The minimum absolute atomic E-state index is 0.130. The van der Waals surface area contributed by atoms with E-state index in [1.807, 2.05) is 10.6 Å². The van der Waals surface area contributed by atoms with Gasteiger partial charge in [0.15, 0.2) is 0 Å². The molecule has 128 valence electrons. The standard InChI is InChI=1S/C18H20N6O/c1-2-17(25)20-9-4-3-5-13-6-7-14-15(11-13)24(12-22-14)16-8-10-21-18(19)23-16/h2,6-8,10-12H,1,3-5,9H2,(H,20,25)(H2,19,21,23). The van der Waals surface area contributed by atoms with E-state index in [9.17, 15) is 4.79 Å². The predicted octanol–water partition coefficient (Wildman–Crippen LogP) is 2.02. The van der Waals surface area contributed by atoms with Gasteiger partial charge in [-0.3, -0.25) is 9.36 Å². The van der Waals surface area contributed by atoms with Crippen molar-refractivity contribution in [1.29, 1.82) is 0 Å². The Morgan fingerprint density at radius 2 is 2.16 bits per heavy atom. The van der Waals surface area contributed by atoms with Crippen LogP contribution in [0.1, 0.15) is 18.4 Å². The lowest BCUT2D eigenvalue weighted by molar-refractivity contribution is -0.116. The van der Waals surface area contributed by atoms with Crippen molar-refractivity contribution in [1.82, 2.24) is 24.8 Å². The molecule has 0 radical (unpaired) electrons. The van der Waals surface area contributed by atoms with Gasteiger partial charge in [0.1, 0.15) is 12.1 Å². The van der Waals surface area contributed by atoms with Crippen LogP contribution in [0.2, 0.25) is 0 Å². The van der Waals surface area contributed by atoms with E-state index in [0.29, 0.717) is 12.4 Å². The van der Waals surface area contributed by atoms with E-state index in [1.54, 1.807) is 18.6 Å². The number of nitrogen functional groups attached to an aromatic ring is 1. The number of carbonyl (C=O) groups is 1. The van der Waals surface area contributed by atoms with Crippen molar-refractivity contribution < 1.29 is 4.79 Å². The van der Waals surface area contributed by atoms with E-state index in [2.05, 4.69) is 39.0 Å². The number of carbonyl (C=O) groups excluding carboxylic acids is 1. The number of imidazole rings is 1. The number of nitrogens with zero attached hydrogens (tertiary/aromatic N) is 4. The highest BCUT2D eigenvalue weighted by Crippen LogP contribution is 2.19. The molecule has 0 atom stereocenters. The van der Waals surface area contributed by atoms with E-state index in [-0.39, 0.29) is 11.9 Å². The van der Waals surface area contributed by atoms with Crippen molar-refractivity contribution in [2.75, 3.05) is 12.3 Å². The Morgan fingerprint density at radius 1 is 1.28 bits per heavy atom. The molecular formula is C18H20N6O. The van der Waals surface area contributed by atoms with Gasteiger partial charge in [-0.2, -0.15) is 4.98 Å². The number of nitrogens with one attached hydrogen (secondary N) is 1. The average Bonchev–Trinajstić information content (AvgIpc) is 3.04.